The van der Waals surface area contributed by atoms with Crippen LogP contribution in [0.2, 0.25) is 0 Å². The number of rotatable bonds is 3. The number of para-hydroxylation sites is 1. The van der Waals surface area contributed by atoms with Gasteiger partial charge < -0.3 is 5.32 Å². The molecule has 0 radical (unpaired) electrons. The lowest BCUT2D eigenvalue weighted by atomic mass is 10.0. The Labute approximate surface area is 134 Å². The van der Waals surface area contributed by atoms with Crippen molar-refractivity contribution < 1.29 is 0 Å². The van der Waals surface area contributed by atoms with Crippen LogP contribution in [0.4, 0.5) is 11.5 Å². The molecule has 0 aliphatic heterocycles. The van der Waals surface area contributed by atoms with E-state index in [1.807, 2.05) is 42.5 Å². The Hall–Kier alpha value is -3.20. The van der Waals surface area contributed by atoms with E-state index < -0.39 is 0 Å². The van der Waals surface area contributed by atoms with Crippen LogP contribution in [-0.4, -0.2) is 9.97 Å². The summed E-state index contributed by atoms with van der Waals surface area (Å²) in [5, 5.41) is 4.51. The average Bonchev–Trinajstić information content (AvgIpc) is 2.63. The van der Waals surface area contributed by atoms with Crippen molar-refractivity contribution in [2.24, 2.45) is 0 Å². The van der Waals surface area contributed by atoms with Crippen LogP contribution < -0.4 is 5.32 Å². The number of hydrogen-bond acceptors (Lipinski definition) is 3. The Morgan fingerprint density at radius 3 is 2.48 bits per heavy atom. The molecule has 2 aromatic heterocycles. The molecule has 0 fully saturated rings. The molecule has 1 N–H and O–H groups in total. The van der Waals surface area contributed by atoms with Crippen molar-refractivity contribution in [3.63, 3.8) is 0 Å². The largest absolute Gasteiger partial charge is 0.340 e. The molecule has 4 rings (SSSR count). The van der Waals surface area contributed by atoms with Crippen LogP contribution in [0.1, 0.15) is 0 Å². The molecular weight excluding hydrogens is 282 g/mol. The Bertz CT molecular complexity index is 949. The van der Waals surface area contributed by atoms with E-state index in [1.54, 1.807) is 12.4 Å². The zero-order chi connectivity index (χ0) is 15.5. The van der Waals surface area contributed by atoms with Crippen molar-refractivity contribution in [2.45, 2.75) is 0 Å². The standard InChI is InChI=1S/C20H15N3/c1-2-6-15(7-3-1)17-8-4-5-9-18(17)22-20-11-10-16-12-13-21-14-19(16)23-20/h1-14H,(H,22,23). The number of hydrogen-bond donors (Lipinski definition) is 1. The normalized spacial score (nSPS) is 10.6. The fraction of sp³-hybridized carbons (Fsp3) is 0. The van der Waals surface area contributed by atoms with Gasteiger partial charge >= 0.3 is 0 Å². The van der Waals surface area contributed by atoms with Gasteiger partial charge in [-0.15, -0.1) is 0 Å². The summed E-state index contributed by atoms with van der Waals surface area (Å²) in [5.74, 6) is 0.814. The zero-order valence-electron chi connectivity index (χ0n) is 12.5. The molecule has 0 saturated carbocycles. The minimum atomic E-state index is 0.814. The summed E-state index contributed by atoms with van der Waals surface area (Å²) in [5.41, 5.74) is 4.25. The maximum absolute atomic E-state index is 4.63. The molecule has 0 unspecified atom stereocenters. The van der Waals surface area contributed by atoms with Crippen molar-refractivity contribution >= 4 is 22.4 Å². The molecule has 3 heteroatoms. The van der Waals surface area contributed by atoms with Crippen LogP contribution in [0.25, 0.3) is 22.0 Å². The molecule has 0 aliphatic carbocycles. The van der Waals surface area contributed by atoms with Gasteiger partial charge in [-0.25, -0.2) is 4.98 Å². The first kappa shape index (κ1) is 13.5. The lowest BCUT2D eigenvalue weighted by Crippen LogP contribution is -1.96. The predicted octanol–water partition coefficient (Wildman–Crippen LogP) is 5.04. The van der Waals surface area contributed by atoms with Crippen LogP contribution in [0.15, 0.2) is 85.2 Å². The molecule has 2 heterocycles. The number of anilines is 2. The van der Waals surface area contributed by atoms with Crippen molar-refractivity contribution in [2.75, 3.05) is 5.32 Å². The van der Waals surface area contributed by atoms with Crippen molar-refractivity contribution in [1.29, 1.82) is 0 Å². The zero-order valence-corrected chi connectivity index (χ0v) is 12.5. The van der Waals surface area contributed by atoms with Gasteiger partial charge in [0.2, 0.25) is 0 Å². The summed E-state index contributed by atoms with van der Waals surface area (Å²) in [6, 6.07) is 24.6. The number of nitrogens with one attached hydrogen (secondary N) is 1. The number of nitrogens with zero attached hydrogens (tertiary/aromatic N) is 2. The third-order valence-corrected chi connectivity index (χ3v) is 3.77. The fourth-order valence-corrected chi connectivity index (χ4v) is 2.64. The Morgan fingerprint density at radius 1 is 0.739 bits per heavy atom. The Balaban J connectivity index is 1.73. The lowest BCUT2D eigenvalue weighted by molar-refractivity contribution is 1.30. The molecule has 0 aliphatic rings. The highest BCUT2D eigenvalue weighted by molar-refractivity contribution is 5.83. The van der Waals surface area contributed by atoms with Gasteiger partial charge in [0.25, 0.3) is 0 Å². The van der Waals surface area contributed by atoms with Crippen LogP contribution in [-0.2, 0) is 0 Å². The highest BCUT2D eigenvalue weighted by Gasteiger charge is 2.05. The van der Waals surface area contributed by atoms with E-state index in [4.69, 9.17) is 0 Å². The quantitative estimate of drug-likeness (QED) is 0.575. The van der Waals surface area contributed by atoms with E-state index in [2.05, 4.69) is 45.6 Å². The van der Waals surface area contributed by atoms with E-state index in [9.17, 15) is 0 Å². The maximum Gasteiger partial charge on any atom is 0.131 e. The second-order valence-electron chi connectivity index (χ2n) is 5.30. The van der Waals surface area contributed by atoms with Crippen LogP contribution in [0, 0.1) is 0 Å². The van der Waals surface area contributed by atoms with Crippen LogP contribution >= 0.6 is 0 Å². The molecule has 0 amide bonds. The minimum Gasteiger partial charge on any atom is -0.340 e. The highest BCUT2D eigenvalue weighted by atomic mass is 15.0. The molecule has 0 atom stereocenters. The summed E-state index contributed by atoms with van der Waals surface area (Å²) in [6.45, 7) is 0. The summed E-state index contributed by atoms with van der Waals surface area (Å²) in [6.07, 6.45) is 3.56. The van der Waals surface area contributed by atoms with E-state index in [0.29, 0.717) is 0 Å². The molecule has 2 aromatic carbocycles. The van der Waals surface area contributed by atoms with E-state index in [-0.39, 0.29) is 0 Å². The first-order chi connectivity index (χ1) is 11.4. The fourth-order valence-electron chi connectivity index (χ4n) is 2.64. The van der Waals surface area contributed by atoms with E-state index in [1.165, 1.54) is 5.56 Å². The maximum atomic E-state index is 4.63. The van der Waals surface area contributed by atoms with Gasteiger partial charge in [-0.3, -0.25) is 4.98 Å². The summed E-state index contributed by atoms with van der Waals surface area (Å²) >= 11 is 0. The monoisotopic (exact) mass is 297 g/mol. The predicted molar refractivity (Wildman–Crippen MR) is 94.7 cm³/mol. The van der Waals surface area contributed by atoms with E-state index >= 15 is 0 Å². The molecule has 3 nitrogen and oxygen atoms in total. The molecule has 0 saturated heterocycles. The van der Waals surface area contributed by atoms with Gasteiger partial charge in [-0.1, -0.05) is 48.5 Å². The Morgan fingerprint density at radius 2 is 1.57 bits per heavy atom. The minimum absolute atomic E-state index is 0.814. The van der Waals surface area contributed by atoms with Crippen molar-refractivity contribution in [3.8, 4) is 11.1 Å². The molecular formula is C20H15N3. The highest BCUT2D eigenvalue weighted by Crippen LogP contribution is 2.29. The first-order valence-corrected chi connectivity index (χ1v) is 7.52. The lowest BCUT2D eigenvalue weighted by Gasteiger charge is -2.12. The Kier molecular flexibility index (Phi) is 3.45. The second kappa shape index (κ2) is 5.89. The van der Waals surface area contributed by atoms with Gasteiger partial charge in [0.05, 0.1) is 11.7 Å². The van der Waals surface area contributed by atoms with Crippen molar-refractivity contribution in [1.82, 2.24) is 9.97 Å². The molecule has 0 spiro atoms. The molecule has 23 heavy (non-hydrogen) atoms. The number of benzene rings is 2. The summed E-state index contributed by atoms with van der Waals surface area (Å²) in [7, 11) is 0. The SMILES string of the molecule is c1ccc(-c2ccccc2Nc2ccc3ccncc3n2)cc1. The van der Waals surface area contributed by atoms with Crippen LogP contribution in [0.3, 0.4) is 0 Å². The molecule has 4 aromatic rings. The number of pyridine rings is 2. The molecule has 0 bridgehead atoms. The third kappa shape index (κ3) is 2.77. The smallest absolute Gasteiger partial charge is 0.131 e. The second-order valence-corrected chi connectivity index (χ2v) is 5.30. The summed E-state index contributed by atoms with van der Waals surface area (Å²) < 4.78 is 0. The number of fused-ring (bicyclic) bond motifs is 1. The topological polar surface area (TPSA) is 37.8 Å². The van der Waals surface area contributed by atoms with Crippen LogP contribution in [0.5, 0.6) is 0 Å². The van der Waals surface area contributed by atoms with Gasteiger partial charge in [0.15, 0.2) is 0 Å². The third-order valence-electron chi connectivity index (χ3n) is 3.77. The summed E-state index contributed by atoms with van der Waals surface area (Å²) in [4.78, 5) is 8.77. The average molecular weight is 297 g/mol. The van der Waals surface area contributed by atoms with Gasteiger partial charge in [-0.05, 0) is 29.8 Å². The molecule has 110 valence electrons. The van der Waals surface area contributed by atoms with E-state index in [0.717, 1.165) is 28.0 Å². The number of aromatic nitrogens is 2. The van der Waals surface area contributed by atoms with Crippen molar-refractivity contribution in [3.05, 3.63) is 85.2 Å². The van der Waals surface area contributed by atoms with Gasteiger partial charge in [-0.2, -0.15) is 0 Å². The van der Waals surface area contributed by atoms with Gasteiger partial charge in [0.1, 0.15) is 5.82 Å². The first-order valence-electron chi connectivity index (χ1n) is 7.52. The van der Waals surface area contributed by atoms with Gasteiger partial charge in [0, 0.05) is 22.8 Å².